The van der Waals surface area contributed by atoms with Gasteiger partial charge in [-0.3, -0.25) is 9.59 Å². The van der Waals surface area contributed by atoms with Gasteiger partial charge in [-0.15, -0.1) is 0 Å². The van der Waals surface area contributed by atoms with Crippen LogP contribution in [0.5, 0.6) is 0 Å². The standard InChI is InChI=1S/C24H34N2O5/c1-17(27)26(20-15-19(20)18-9-7-6-8-10-18)16-24(21(28)30-5)11-13-25(14-12-24)22(29)31-23(2,3)4/h6-10,19-20H,11-16H2,1-5H3/t19-,20+/m1/s1. The third-order valence-electron chi connectivity index (χ3n) is 6.25. The third-order valence-corrected chi connectivity index (χ3v) is 6.25. The van der Waals surface area contributed by atoms with Crippen molar-refractivity contribution < 1.29 is 23.9 Å². The second-order valence-electron chi connectivity index (χ2n) is 9.71. The summed E-state index contributed by atoms with van der Waals surface area (Å²) < 4.78 is 10.6. The van der Waals surface area contributed by atoms with Crippen LogP contribution in [0.1, 0.15) is 58.4 Å². The minimum absolute atomic E-state index is 0.0405. The molecule has 0 N–H and O–H groups in total. The Morgan fingerprint density at radius 1 is 1.13 bits per heavy atom. The van der Waals surface area contributed by atoms with Crippen LogP contribution in [-0.2, 0) is 19.1 Å². The maximum absolute atomic E-state index is 12.9. The summed E-state index contributed by atoms with van der Waals surface area (Å²) in [6, 6.07) is 10.2. The minimum Gasteiger partial charge on any atom is -0.469 e. The number of nitrogens with zero attached hydrogens (tertiary/aromatic N) is 2. The highest BCUT2D eigenvalue weighted by Crippen LogP contribution is 2.46. The van der Waals surface area contributed by atoms with Gasteiger partial charge in [0.1, 0.15) is 5.60 Å². The van der Waals surface area contributed by atoms with E-state index in [-0.39, 0.29) is 24.0 Å². The number of esters is 1. The van der Waals surface area contributed by atoms with Gasteiger partial charge in [0.15, 0.2) is 0 Å². The van der Waals surface area contributed by atoms with Crippen molar-refractivity contribution in [1.82, 2.24) is 9.80 Å². The molecule has 0 bridgehead atoms. The average molecular weight is 431 g/mol. The molecule has 7 heteroatoms. The Kier molecular flexibility index (Phi) is 6.62. The first-order chi connectivity index (χ1) is 14.6. The molecule has 2 atom stereocenters. The van der Waals surface area contributed by atoms with Gasteiger partial charge in [-0.1, -0.05) is 30.3 Å². The topological polar surface area (TPSA) is 76.2 Å². The minimum atomic E-state index is -0.817. The summed E-state index contributed by atoms with van der Waals surface area (Å²) in [5, 5.41) is 0. The van der Waals surface area contributed by atoms with Gasteiger partial charge < -0.3 is 19.3 Å². The first-order valence-corrected chi connectivity index (χ1v) is 10.9. The van der Waals surface area contributed by atoms with Crippen molar-refractivity contribution in [2.24, 2.45) is 5.41 Å². The molecule has 2 amide bonds. The summed E-state index contributed by atoms with van der Waals surface area (Å²) in [5.74, 6) is -0.0672. The predicted octanol–water partition coefficient (Wildman–Crippen LogP) is 3.58. The van der Waals surface area contributed by atoms with E-state index in [0.717, 1.165) is 6.42 Å². The molecule has 1 aromatic carbocycles. The molecule has 1 heterocycles. The van der Waals surface area contributed by atoms with Crippen LogP contribution in [0.25, 0.3) is 0 Å². The highest BCUT2D eigenvalue weighted by molar-refractivity contribution is 5.80. The van der Waals surface area contributed by atoms with Crippen LogP contribution in [0.4, 0.5) is 4.79 Å². The van der Waals surface area contributed by atoms with Crippen LogP contribution in [0.2, 0.25) is 0 Å². The Morgan fingerprint density at radius 2 is 1.74 bits per heavy atom. The molecule has 7 nitrogen and oxygen atoms in total. The predicted molar refractivity (Wildman–Crippen MR) is 116 cm³/mol. The summed E-state index contributed by atoms with van der Waals surface area (Å²) in [6.07, 6.45) is 1.39. The van der Waals surface area contributed by atoms with Crippen LogP contribution in [0, 0.1) is 5.41 Å². The Morgan fingerprint density at radius 3 is 2.26 bits per heavy atom. The Balaban J connectivity index is 1.71. The second kappa shape index (κ2) is 8.89. The number of carbonyl (C=O) groups is 3. The highest BCUT2D eigenvalue weighted by atomic mass is 16.6. The summed E-state index contributed by atoms with van der Waals surface area (Å²) in [6.45, 7) is 8.14. The van der Waals surface area contributed by atoms with Gasteiger partial charge in [0.2, 0.25) is 5.91 Å². The smallest absolute Gasteiger partial charge is 0.410 e. The van der Waals surface area contributed by atoms with Crippen molar-refractivity contribution in [3.8, 4) is 0 Å². The summed E-state index contributed by atoms with van der Waals surface area (Å²) >= 11 is 0. The third kappa shape index (κ3) is 5.38. The lowest BCUT2D eigenvalue weighted by atomic mass is 9.77. The first-order valence-electron chi connectivity index (χ1n) is 10.9. The van der Waals surface area contributed by atoms with E-state index in [4.69, 9.17) is 9.47 Å². The number of rotatable bonds is 5. The molecule has 1 aliphatic carbocycles. The lowest BCUT2D eigenvalue weighted by Gasteiger charge is -2.42. The van der Waals surface area contributed by atoms with Gasteiger partial charge in [0.25, 0.3) is 0 Å². The number of amides is 2. The molecule has 3 rings (SSSR count). The van der Waals surface area contributed by atoms with E-state index in [9.17, 15) is 14.4 Å². The van der Waals surface area contributed by atoms with Gasteiger partial charge in [0, 0.05) is 38.5 Å². The Bertz CT molecular complexity index is 809. The maximum atomic E-state index is 12.9. The van der Waals surface area contributed by atoms with E-state index >= 15 is 0 Å². The summed E-state index contributed by atoms with van der Waals surface area (Å²) in [4.78, 5) is 41.3. The van der Waals surface area contributed by atoms with E-state index in [0.29, 0.717) is 38.4 Å². The van der Waals surface area contributed by atoms with Crippen LogP contribution in [-0.4, -0.2) is 66.2 Å². The molecule has 1 aliphatic heterocycles. The lowest BCUT2D eigenvalue weighted by molar-refractivity contribution is -0.158. The first kappa shape index (κ1) is 23.1. The molecule has 2 fully saturated rings. The van der Waals surface area contributed by atoms with Crippen molar-refractivity contribution in [1.29, 1.82) is 0 Å². The molecule has 0 unspecified atom stereocenters. The van der Waals surface area contributed by atoms with E-state index < -0.39 is 11.0 Å². The number of piperidine rings is 1. The van der Waals surface area contributed by atoms with Crippen LogP contribution in [0.3, 0.4) is 0 Å². The monoisotopic (exact) mass is 430 g/mol. The lowest BCUT2D eigenvalue weighted by Crippen LogP contribution is -2.53. The van der Waals surface area contributed by atoms with Crippen molar-refractivity contribution in [2.75, 3.05) is 26.7 Å². The second-order valence-corrected chi connectivity index (χ2v) is 9.71. The number of likely N-dealkylation sites (tertiary alicyclic amines) is 1. The van der Waals surface area contributed by atoms with Crippen molar-refractivity contribution in [3.05, 3.63) is 35.9 Å². The van der Waals surface area contributed by atoms with Gasteiger partial charge in [-0.25, -0.2) is 4.79 Å². The van der Waals surface area contributed by atoms with Crippen LogP contribution in [0.15, 0.2) is 30.3 Å². The molecule has 2 aliphatic rings. The van der Waals surface area contributed by atoms with E-state index in [2.05, 4.69) is 12.1 Å². The van der Waals surface area contributed by atoms with Crippen LogP contribution < -0.4 is 0 Å². The number of benzene rings is 1. The Labute approximate surface area is 184 Å². The molecule has 31 heavy (non-hydrogen) atoms. The zero-order valence-electron chi connectivity index (χ0n) is 19.2. The van der Waals surface area contributed by atoms with Gasteiger partial charge in [-0.05, 0) is 45.6 Å². The molecule has 0 radical (unpaired) electrons. The van der Waals surface area contributed by atoms with E-state index in [1.807, 2.05) is 43.9 Å². The zero-order valence-corrected chi connectivity index (χ0v) is 19.2. The van der Waals surface area contributed by atoms with Gasteiger partial charge in [-0.2, -0.15) is 0 Å². The largest absolute Gasteiger partial charge is 0.469 e. The fourth-order valence-corrected chi connectivity index (χ4v) is 4.46. The molecule has 0 aromatic heterocycles. The quantitative estimate of drug-likeness (QED) is 0.668. The average Bonchev–Trinajstić information content (AvgIpc) is 3.51. The fraction of sp³-hybridized carbons (Fsp3) is 0.625. The number of hydrogen-bond acceptors (Lipinski definition) is 5. The normalized spacial score (nSPS) is 22.4. The zero-order chi connectivity index (χ0) is 22.8. The molecular weight excluding hydrogens is 396 g/mol. The van der Waals surface area contributed by atoms with Gasteiger partial charge in [0.05, 0.1) is 12.5 Å². The Hall–Kier alpha value is -2.57. The molecule has 1 saturated heterocycles. The van der Waals surface area contributed by atoms with E-state index in [1.165, 1.54) is 12.7 Å². The molecule has 0 spiro atoms. The summed E-state index contributed by atoms with van der Waals surface area (Å²) in [7, 11) is 1.38. The SMILES string of the molecule is COC(=O)C1(CN(C(C)=O)[C@H]2C[C@@H]2c2ccccc2)CCN(C(=O)OC(C)(C)C)CC1. The molecular formula is C24H34N2O5. The van der Waals surface area contributed by atoms with Gasteiger partial charge >= 0.3 is 12.1 Å². The van der Waals surface area contributed by atoms with Crippen molar-refractivity contribution in [3.63, 3.8) is 0 Å². The molecule has 1 aromatic rings. The summed E-state index contributed by atoms with van der Waals surface area (Å²) in [5.41, 5.74) is -0.175. The number of ether oxygens (including phenoxy) is 2. The maximum Gasteiger partial charge on any atom is 0.410 e. The number of carbonyl (C=O) groups excluding carboxylic acids is 3. The highest BCUT2D eigenvalue weighted by Gasteiger charge is 2.50. The molecule has 1 saturated carbocycles. The molecule has 170 valence electrons. The number of hydrogen-bond donors (Lipinski definition) is 0. The number of methoxy groups -OCH3 is 1. The van der Waals surface area contributed by atoms with E-state index in [1.54, 1.807) is 11.8 Å². The van der Waals surface area contributed by atoms with Crippen molar-refractivity contribution >= 4 is 18.0 Å². The fourth-order valence-electron chi connectivity index (χ4n) is 4.46. The van der Waals surface area contributed by atoms with Crippen LogP contribution >= 0.6 is 0 Å². The van der Waals surface area contributed by atoms with Crippen molar-refractivity contribution in [2.45, 2.75) is 64.5 Å².